The number of ether oxygens (including phenoxy) is 1. The van der Waals surface area contributed by atoms with E-state index in [1.165, 1.54) is 11.6 Å². The van der Waals surface area contributed by atoms with Gasteiger partial charge in [0.05, 0.1) is 7.11 Å². The van der Waals surface area contributed by atoms with Crippen LogP contribution in [0.3, 0.4) is 0 Å². The van der Waals surface area contributed by atoms with Crippen molar-refractivity contribution in [2.75, 3.05) is 19.0 Å². The minimum Gasteiger partial charge on any atom is -0.497 e. The number of rotatable bonds is 7. The minimum atomic E-state index is -1.02. The highest BCUT2D eigenvalue weighted by molar-refractivity contribution is 5.85. The molecule has 0 spiro atoms. The van der Waals surface area contributed by atoms with Crippen LogP contribution >= 0.6 is 0 Å². The summed E-state index contributed by atoms with van der Waals surface area (Å²) in [5.41, 5.74) is 1.29. The number of carbonyl (C=O) groups is 1. The Balaban J connectivity index is 1.78. The van der Waals surface area contributed by atoms with Gasteiger partial charge in [-0.2, -0.15) is 0 Å². The van der Waals surface area contributed by atoms with Gasteiger partial charge < -0.3 is 15.2 Å². The second-order valence-electron chi connectivity index (χ2n) is 4.59. The summed E-state index contributed by atoms with van der Waals surface area (Å²) in [6.45, 7) is 0.738. The van der Waals surface area contributed by atoms with Crippen LogP contribution in [0.2, 0.25) is 0 Å². The van der Waals surface area contributed by atoms with Gasteiger partial charge in [-0.05, 0) is 42.7 Å². The van der Waals surface area contributed by atoms with Crippen LogP contribution in [0.15, 0.2) is 42.5 Å². The van der Waals surface area contributed by atoms with Crippen LogP contribution < -0.4 is 10.1 Å². The number of aryl methyl sites for hydroxylation is 1. The van der Waals surface area contributed by atoms with Crippen LogP contribution in [-0.4, -0.2) is 29.7 Å². The molecule has 0 aliphatic carbocycles. The van der Waals surface area contributed by atoms with Crippen molar-refractivity contribution in [1.82, 2.24) is 4.98 Å². The number of carboxylic acid groups (broad SMARTS) is 1. The number of aromatic nitrogens is 1. The van der Waals surface area contributed by atoms with Gasteiger partial charge in [0.1, 0.15) is 11.6 Å². The van der Waals surface area contributed by atoms with Crippen LogP contribution in [0.1, 0.15) is 22.5 Å². The highest BCUT2D eigenvalue weighted by atomic mass is 16.5. The number of methoxy groups -OCH3 is 1. The summed E-state index contributed by atoms with van der Waals surface area (Å²) in [6, 6.07) is 12.9. The number of pyridine rings is 1. The maximum Gasteiger partial charge on any atom is 0.354 e. The van der Waals surface area contributed by atoms with Gasteiger partial charge in [-0.1, -0.05) is 18.2 Å². The molecule has 0 amide bonds. The lowest BCUT2D eigenvalue weighted by Gasteiger charge is -2.07. The van der Waals surface area contributed by atoms with E-state index in [1.54, 1.807) is 19.2 Å². The van der Waals surface area contributed by atoms with E-state index in [9.17, 15) is 4.79 Å². The lowest BCUT2D eigenvalue weighted by molar-refractivity contribution is 0.0690. The first-order chi connectivity index (χ1) is 10.2. The molecule has 1 aromatic heterocycles. The maximum atomic E-state index is 10.8. The number of aromatic carboxylic acids is 1. The van der Waals surface area contributed by atoms with Gasteiger partial charge in [0.25, 0.3) is 0 Å². The summed E-state index contributed by atoms with van der Waals surface area (Å²) in [5.74, 6) is 0.424. The number of carboxylic acids is 1. The molecule has 0 saturated carbocycles. The van der Waals surface area contributed by atoms with Gasteiger partial charge in [-0.15, -0.1) is 0 Å². The first-order valence-corrected chi connectivity index (χ1v) is 6.76. The summed E-state index contributed by atoms with van der Waals surface area (Å²) in [5, 5.41) is 12.0. The molecule has 5 nitrogen and oxygen atoms in total. The van der Waals surface area contributed by atoms with E-state index in [4.69, 9.17) is 9.84 Å². The maximum absolute atomic E-state index is 10.8. The number of hydrogen-bond donors (Lipinski definition) is 2. The average molecular weight is 286 g/mol. The number of hydrogen-bond acceptors (Lipinski definition) is 4. The van der Waals surface area contributed by atoms with E-state index in [1.807, 2.05) is 24.3 Å². The molecule has 0 saturated heterocycles. The molecule has 2 rings (SSSR count). The first kappa shape index (κ1) is 14.8. The molecule has 0 fully saturated rings. The average Bonchev–Trinajstić information content (AvgIpc) is 2.52. The smallest absolute Gasteiger partial charge is 0.354 e. The topological polar surface area (TPSA) is 71.5 Å². The van der Waals surface area contributed by atoms with Crippen LogP contribution in [0.5, 0.6) is 5.75 Å². The van der Waals surface area contributed by atoms with Crippen molar-refractivity contribution in [3.63, 3.8) is 0 Å². The summed E-state index contributed by atoms with van der Waals surface area (Å²) >= 11 is 0. The number of nitrogens with zero attached hydrogens (tertiary/aromatic N) is 1. The highest BCUT2D eigenvalue weighted by Crippen LogP contribution is 2.12. The second-order valence-corrected chi connectivity index (χ2v) is 4.59. The Hall–Kier alpha value is -2.56. The highest BCUT2D eigenvalue weighted by Gasteiger charge is 2.04. The zero-order valence-corrected chi connectivity index (χ0v) is 11.9. The van der Waals surface area contributed by atoms with Gasteiger partial charge in [-0.25, -0.2) is 9.78 Å². The Kier molecular flexibility index (Phi) is 5.15. The Morgan fingerprint density at radius 3 is 2.67 bits per heavy atom. The van der Waals surface area contributed by atoms with E-state index in [0.717, 1.165) is 25.1 Å². The molecule has 1 heterocycles. The standard InChI is InChI=1S/C16H18N2O3/c1-21-13-9-7-12(8-10-13)4-3-11-17-15-6-2-5-14(18-15)16(19)20/h2,5-10H,3-4,11H2,1H3,(H,17,18)(H,19,20). The summed E-state index contributed by atoms with van der Waals surface area (Å²) < 4.78 is 5.11. The molecule has 21 heavy (non-hydrogen) atoms. The SMILES string of the molecule is COc1ccc(CCCNc2cccc(C(=O)O)n2)cc1. The quantitative estimate of drug-likeness (QED) is 0.766. The predicted molar refractivity (Wildman–Crippen MR) is 81.0 cm³/mol. The molecule has 0 atom stereocenters. The molecule has 0 radical (unpaired) electrons. The van der Waals surface area contributed by atoms with Gasteiger partial charge in [0, 0.05) is 6.54 Å². The molecular weight excluding hydrogens is 268 g/mol. The third-order valence-corrected chi connectivity index (χ3v) is 3.08. The fourth-order valence-corrected chi connectivity index (χ4v) is 1.95. The van der Waals surface area contributed by atoms with Crippen molar-refractivity contribution in [3.05, 3.63) is 53.7 Å². The van der Waals surface area contributed by atoms with Crippen molar-refractivity contribution in [3.8, 4) is 5.75 Å². The molecule has 2 N–H and O–H groups in total. The largest absolute Gasteiger partial charge is 0.497 e. The lowest BCUT2D eigenvalue weighted by atomic mass is 10.1. The van der Waals surface area contributed by atoms with E-state index < -0.39 is 5.97 Å². The van der Waals surface area contributed by atoms with Gasteiger partial charge >= 0.3 is 5.97 Å². The van der Waals surface area contributed by atoms with Gasteiger partial charge in [0.2, 0.25) is 0 Å². The number of anilines is 1. The van der Waals surface area contributed by atoms with Crippen molar-refractivity contribution in [2.24, 2.45) is 0 Å². The molecule has 0 aliphatic heterocycles. The number of benzene rings is 1. The van der Waals surface area contributed by atoms with Gasteiger partial charge in [-0.3, -0.25) is 0 Å². The van der Waals surface area contributed by atoms with E-state index in [-0.39, 0.29) is 5.69 Å². The van der Waals surface area contributed by atoms with Crippen LogP contribution in [0.25, 0.3) is 0 Å². The summed E-state index contributed by atoms with van der Waals surface area (Å²) in [7, 11) is 1.65. The van der Waals surface area contributed by atoms with Crippen LogP contribution in [0.4, 0.5) is 5.82 Å². The third-order valence-electron chi connectivity index (χ3n) is 3.08. The second kappa shape index (κ2) is 7.28. The minimum absolute atomic E-state index is 0.0511. The number of nitrogens with one attached hydrogen (secondary N) is 1. The van der Waals surface area contributed by atoms with E-state index >= 15 is 0 Å². The van der Waals surface area contributed by atoms with Crippen molar-refractivity contribution in [1.29, 1.82) is 0 Å². The zero-order chi connectivity index (χ0) is 15.1. The van der Waals surface area contributed by atoms with Crippen molar-refractivity contribution in [2.45, 2.75) is 12.8 Å². The molecule has 2 aromatic rings. The fraction of sp³-hybridized carbons (Fsp3) is 0.250. The molecule has 0 bridgehead atoms. The molecule has 5 heteroatoms. The monoisotopic (exact) mass is 286 g/mol. The molecule has 1 aromatic carbocycles. The molecular formula is C16H18N2O3. The van der Waals surface area contributed by atoms with E-state index in [2.05, 4.69) is 10.3 Å². The molecule has 0 unspecified atom stereocenters. The molecule has 0 aliphatic rings. The Labute approximate surface area is 123 Å². The Bertz CT molecular complexity index is 597. The lowest BCUT2D eigenvalue weighted by Crippen LogP contribution is -2.07. The van der Waals surface area contributed by atoms with Gasteiger partial charge in [0.15, 0.2) is 5.69 Å². The van der Waals surface area contributed by atoms with Crippen LogP contribution in [0, 0.1) is 0 Å². The van der Waals surface area contributed by atoms with Crippen molar-refractivity contribution >= 4 is 11.8 Å². The normalized spacial score (nSPS) is 10.1. The Morgan fingerprint density at radius 2 is 2.00 bits per heavy atom. The fourth-order valence-electron chi connectivity index (χ4n) is 1.95. The Morgan fingerprint density at radius 1 is 1.24 bits per heavy atom. The van der Waals surface area contributed by atoms with Crippen molar-refractivity contribution < 1.29 is 14.6 Å². The summed E-state index contributed by atoms with van der Waals surface area (Å²) in [6.07, 6.45) is 1.88. The van der Waals surface area contributed by atoms with Crippen LogP contribution in [-0.2, 0) is 6.42 Å². The summed E-state index contributed by atoms with van der Waals surface area (Å²) in [4.78, 5) is 14.8. The predicted octanol–water partition coefficient (Wildman–Crippen LogP) is 2.83. The third kappa shape index (κ3) is 4.49. The first-order valence-electron chi connectivity index (χ1n) is 6.76. The zero-order valence-electron chi connectivity index (χ0n) is 11.9. The molecule has 110 valence electrons. The van der Waals surface area contributed by atoms with E-state index in [0.29, 0.717) is 5.82 Å².